The van der Waals surface area contributed by atoms with Crippen LogP contribution in [-0.4, -0.2) is 43.4 Å². The van der Waals surface area contributed by atoms with Crippen LogP contribution in [0.4, 0.5) is 0 Å². The number of ether oxygens (including phenoxy) is 2. The van der Waals surface area contributed by atoms with Gasteiger partial charge in [-0.1, -0.05) is 78.1 Å². The Morgan fingerprint density at radius 3 is 1.62 bits per heavy atom. The van der Waals surface area contributed by atoms with E-state index in [1.165, 1.54) is 6.42 Å². The van der Waals surface area contributed by atoms with Crippen molar-refractivity contribution >= 4 is 32.0 Å². The summed E-state index contributed by atoms with van der Waals surface area (Å²) in [7, 11) is -4.73. The highest BCUT2D eigenvalue weighted by molar-refractivity contribution is 7.87. The fraction of sp³-hybridized carbons (Fsp3) is 0.900. The van der Waals surface area contributed by atoms with Crippen molar-refractivity contribution in [3.8, 4) is 0 Å². The molecule has 174 valence electrons. The number of carbonyl (C=O) groups is 2. The molecule has 0 aliphatic carbocycles. The fourth-order valence-electron chi connectivity index (χ4n) is 2.74. The zero-order chi connectivity index (χ0) is 21.3. The Morgan fingerprint density at radius 1 is 0.759 bits per heavy atom. The molecule has 0 spiro atoms. The Hall–Kier alpha value is -0.720. The quantitative estimate of drug-likeness (QED) is 0.140. The van der Waals surface area contributed by atoms with Crippen LogP contribution in [0.2, 0.25) is 0 Å². The minimum Gasteiger partial charge on any atom is -0.466 e. The summed E-state index contributed by atoms with van der Waals surface area (Å²) in [5.74, 6) is -1.93. The molecule has 9 heteroatoms. The average molecular weight is 457 g/mol. The van der Waals surface area contributed by atoms with Gasteiger partial charge in [-0.25, -0.2) is 0 Å². The number of carbonyl (C=O) groups excluding carboxylic acids is 2. The molecule has 7 nitrogen and oxygen atoms in total. The van der Waals surface area contributed by atoms with E-state index in [0.717, 1.165) is 57.8 Å². The highest BCUT2D eigenvalue weighted by Crippen LogP contribution is 2.11. The van der Waals surface area contributed by atoms with E-state index in [1.807, 2.05) is 0 Å². The molecule has 0 aromatic rings. The van der Waals surface area contributed by atoms with Crippen molar-refractivity contribution < 1.29 is 32.0 Å². The predicted molar refractivity (Wildman–Crippen MR) is 120 cm³/mol. The summed E-state index contributed by atoms with van der Waals surface area (Å²) in [6.45, 7) is 4.50. The maximum Gasteiger partial charge on any atom is 0.327 e. The van der Waals surface area contributed by atoms with Gasteiger partial charge in [0, 0.05) is 0 Å². The van der Waals surface area contributed by atoms with Gasteiger partial charge in [0.05, 0.1) is 19.6 Å². The third-order valence-electron chi connectivity index (χ3n) is 4.48. The van der Waals surface area contributed by atoms with Crippen LogP contribution in [0.3, 0.4) is 0 Å². The van der Waals surface area contributed by atoms with E-state index < -0.39 is 33.7 Å². The molecule has 2 unspecified atom stereocenters. The standard InChI is InChI=1S/C20H38O7S.H3P/c1-3-5-7-9-11-13-15-26-19(21)17-18(28(23,24)25)20(22)27-16-14-12-10-8-6-4-2;/h18H,3-17H2,1-2H3,(H,23,24,25);1H3. The van der Waals surface area contributed by atoms with Crippen LogP contribution in [-0.2, 0) is 29.2 Å². The van der Waals surface area contributed by atoms with Crippen molar-refractivity contribution in [2.45, 2.75) is 103 Å². The maximum absolute atomic E-state index is 12.0. The van der Waals surface area contributed by atoms with Crippen LogP contribution in [0.25, 0.3) is 0 Å². The Labute approximate surface area is 180 Å². The molecule has 0 aliphatic rings. The van der Waals surface area contributed by atoms with Crippen LogP contribution >= 0.6 is 9.90 Å². The number of esters is 2. The summed E-state index contributed by atoms with van der Waals surface area (Å²) in [6, 6.07) is 0. The van der Waals surface area contributed by atoms with E-state index in [2.05, 4.69) is 13.8 Å². The third-order valence-corrected chi connectivity index (χ3v) is 5.56. The zero-order valence-corrected chi connectivity index (χ0v) is 20.4. The molecule has 0 amide bonds. The van der Waals surface area contributed by atoms with Crippen LogP contribution in [0.5, 0.6) is 0 Å². The Morgan fingerprint density at radius 2 is 1.17 bits per heavy atom. The van der Waals surface area contributed by atoms with Crippen molar-refractivity contribution in [3.63, 3.8) is 0 Å². The molecule has 0 aromatic heterocycles. The largest absolute Gasteiger partial charge is 0.466 e. The van der Waals surface area contributed by atoms with E-state index in [0.29, 0.717) is 12.8 Å². The molecule has 1 N–H and O–H groups in total. The summed E-state index contributed by atoms with van der Waals surface area (Å²) in [5, 5.41) is -1.93. The second kappa shape index (κ2) is 19.3. The molecule has 0 aromatic carbocycles. The summed E-state index contributed by atoms with van der Waals surface area (Å²) in [5.41, 5.74) is 0. The number of unbranched alkanes of at least 4 members (excludes halogenated alkanes) is 10. The molecule has 0 saturated heterocycles. The first-order valence-corrected chi connectivity index (χ1v) is 12.1. The lowest BCUT2D eigenvalue weighted by atomic mass is 10.1. The van der Waals surface area contributed by atoms with Crippen molar-refractivity contribution in [3.05, 3.63) is 0 Å². The van der Waals surface area contributed by atoms with E-state index in [-0.39, 0.29) is 23.1 Å². The van der Waals surface area contributed by atoms with E-state index in [1.54, 1.807) is 0 Å². The molecule has 0 fully saturated rings. The van der Waals surface area contributed by atoms with Crippen molar-refractivity contribution in [1.82, 2.24) is 0 Å². The minimum atomic E-state index is -4.73. The molecule has 0 radical (unpaired) electrons. The molecule has 0 aliphatic heterocycles. The topological polar surface area (TPSA) is 107 Å². The molecule has 0 bridgehead atoms. The van der Waals surface area contributed by atoms with Crippen molar-refractivity contribution in [1.29, 1.82) is 0 Å². The van der Waals surface area contributed by atoms with Gasteiger partial charge < -0.3 is 9.47 Å². The van der Waals surface area contributed by atoms with Crippen LogP contribution in [0.15, 0.2) is 0 Å². The van der Waals surface area contributed by atoms with Gasteiger partial charge in [-0.05, 0) is 12.8 Å². The number of rotatable bonds is 18. The van der Waals surface area contributed by atoms with Crippen LogP contribution < -0.4 is 0 Å². The fourth-order valence-corrected chi connectivity index (χ4v) is 3.39. The third kappa shape index (κ3) is 17.8. The van der Waals surface area contributed by atoms with Crippen LogP contribution in [0, 0.1) is 0 Å². The highest BCUT2D eigenvalue weighted by Gasteiger charge is 2.35. The smallest absolute Gasteiger partial charge is 0.327 e. The molecule has 2 atom stereocenters. The molecule has 0 rings (SSSR count). The van der Waals surface area contributed by atoms with Crippen molar-refractivity contribution in [2.24, 2.45) is 0 Å². The molecular weight excluding hydrogens is 415 g/mol. The summed E-state index contributed by atoms with van der Waals surface area (Å²) >= 11 is 0. The van der Waals surface area contributed by atoms with Crippen LogP contribution in [0.1, 0.15) is 97.3 Å². The molecular formula is C20H41O7PS. The van der Waals surface area contributed by atoms with Gasteiger partial charge in [0.2, 0.25) is 0 Å². The van der Waals surface area contributed by atoms with Gasteiger partial charge in [0.15, 0.2) is 5.25 Å². The Balaban J connectivity index is 0. The first-order valence-electron chi connectivity index (χ1n) is 10.6. The zero-order valence-electron chi connectivity index (χ0n) is 18.2. The Bertz CT molecular complexity index is 523. The summed E-state index contributed by atoms with van der Waals surface area (Å²) < 4.78 is 42.0. The van der Waals surface area contributed by atoms with Gasteiger partial charge >= 0.3 is 11.9 Å². The predicted octanol–water partition coefficient (Wildman–Crippen LogP) is 4.50. The lowest BCUT2D eigenvalue weighted by Crippen LogP contribution is -2.34. The van der Waals surface area contributed by atoms with Crippen molar-refractivity contribution in [2.75, 3.05) is 13.2 Å². The molecule has 0 saturated carbocycles. The molecule has 0 heterocycles. The second-order valence-electron chi connectivity index (χ2n) is 7.13. The van der Waals surface area contributed by atoms with Gasteiger partial charge in [-0.2, -0.15) is 18.3 Å². The average Bonchev–Trinajstić information content (AvgIpc) is 2.63. The first-order chi connectivity index (χ1) is 13.3. The monoisotopic (exact) mass is 456 g/mol. The Kier molecular flexibility index (Phi) is 20.2. The lowest BCUT2D eigenvalue weighted by Gasteiger charge is -2.13. The highest BCUT2D eigenvalue weighted by atomic mass is 32.2. The van der Waals surface area contributed by atoms with Gasteiger partial charge in [0.1, 0.15) is 0 Å². The van der Waals surface area contributed by atoms with E-state index in [4.69, 9.17) is 9.47 Å². The normalized spacial score (nSPS) is 12.1. The van der Waals surface area contributed by atoms with Gasteiger partial charge in [-0.15, -0.1) is 0 Å². The lowest BCUT2D eigenvalue weighted by molar-refractivity contribution is -0.150. The number of hydrogen-bond acceptors (Lipinski definition) is 6. The minimum absolute atomic E-state index is 0. The van der Waals surface area contributed by atoms with E-state index in [9.17, 15) is 22.6 Å². The summed E-state index contributed by atoms with van der Waals surface area (Å²) in [6.07, 6.45) is 11.3. The summed E-state index contributed by atoms with van der Waals surface area (Å²) in [4.78, 5) is 23.8. The SMILES string of the molecule is CCCCCCCCOC(=O)CC(C(=O)OCCCCCCCC)S(=O)(=O)O.P. The maximum atomic E-state index is 12.0. The second-order valence-corrected chi connectivity index (χ2v) is 8.73. The van der Waals surface area contributed by atoms with Gasteiger partial charge in [0.25, 0.3) is 10.1 Å². The number of hydrogen-bond donors (Lipinski definition) is 1. The molecule has 29 heavy (non-hydrogen) atoms. The van der Waals surface area contributed by atoms with Gasteiger partial charge in [-0.3, -0.25) is 14.1 Å². The first kappa shape index (κ1) is 30.5. The van der Waals surface area contributed by atoms with E-state index >= 15 is 0 Å².